The summed E-state index contributed by atoms with van der Waals surface area (Å²) in [4.78, 5) is 15.8. The Balaban J connectivity index is 3.95. The molecule has 0 rings (SSSR count). The predicted molar refractivity (Wildman–Crippen MR) is 53.0 cm³/mol. The van der Waals surface area contributed by atoms with Crippen LogP contribution < -0.4 is 0 Å². The van der Waals surface area contributed by atoms with E-state index in [1.165, 1.54) is 6.92 Å². The fourth-order valence-electron chi connectivity index (χ4n) is 1.15. The molecule has 0 spiro atoms. The van der Waals surface area contributed by atoms with Crippen LogP contribution in [0.5, 0.6) is 0 Å². The monoisotopic (exact) mass is 187 g/mol. The molecule has 0 aliphatic rings. The molecule has 0 bridgehead atoms. The van der Waals surface area contributed by atoms with Crippen molar-refractivity contribution in [3.8, 4) is 0 Å². The Morgan fingerprint density at radius 2 is 1.54 bits per heavy atom. The van der Waals surface area contributed by atoms with Crippen LogP contribution in [-0.4, -0.2) is 24.1 Å². The maximum Gasteiger partial charge on any atom is 0.322 e. The second-order valence-electron chi connectivity index (χ2n) is 4.22. The fourth-order valence-corrected chi connectivity index (χ4v) is 1.15. The summed E-state index contributed by atoms with van der Waals surface area (Å²) in [6.07, 6.45) is 0. The molecule has 0 aliphatic heterocycles. The second kappa shape index (κ2) is 5.97. The van der Waals surface area contributed by atoms with Crippen molar-refractivity contribution in [1.29, 1.82) is 0 Å². The molecule has 0 N–H and O–H groups in total. The molecule has 3 nitrogen and oxygen atoms in total. The number of hydroxylamine groups is 2. The van der Waals surface area contributed by atoms with E-state index in [9.17, 15) is 4.79 Å². The fraction of sp³-hybridized carbons (Fsp3) is 0.900. The number of carbonyl (C=O) groups excluding carboxylic acids is 1. The van der Waals surface area contributed by atoms with Gasteiger partial charge in [0.05, 0.1) is 0 Å². The number of carbonyl (C=O) groups is 1. The van der Waals surface area contributed by atoms with Gasteiger partial charge >= 0.3 is 5.97 Å². The first-order valence-corrected chi connectivity index (χ1v) is 4.85. The largest absolute Gasteiger partial charge is 0.368 e. The molecule has 0 aromatic carbocycles. The third-order valence-corrected chi connectivity index (χ3v) is 1.40. The Bertz CT molecular complexity index is 145. The first-order valence-electron chi connectivity index (χ1n) is 4.85. The van der Waals surface area contributed by atoms with Crippen LogP contribution in [0.4, 0.5) is 0 Å². The summed E-state index contributed by atoms with van der Waals surface area (Å²) < 4.78 is 0. The zero-order valence-electron chi connectivity index (χ0n) is 9.33. The lowest BCUT2D eigenvalue weighted by Gasteiger charge is -2.23. The highest BCUT2D eigenvalue weighted by molar-refractivity contribution is 5.65. The predicted octanol–water partition coefficient (Wildman–Crippen LogP) is 2.08. The first-order chi connectivity index (χ1) is 5.91. The van der Waals surface area contributed by atoms with Gasteiger partial charge in [-0.1, -0.05) is 27.7 Å². The van der Waals surface area contributed by atoms with Crippen molar-refractivity contribution in [2.24, 2.45) is 11.8 Å². The average molecular weight is 187 g/mol. The van der Waals surface area contributed by atoms with Crippen molar-refractivity contribution < 1.29 is 9.63 Å². The van der Waals surface area contributed by atoms with Crippen LogP contribution in [0.3, 0.4) is 0 Å². The Labute approximate surface area is 81.0 Å². The number of hydrogen-bond donors (Lipinski definition) is 0. The number of hydrogen-bond acceptors (Lipinski definition) is 3. The molecule has 0 fully saturated rings. The molecule has 0 atom stereocenters. The molecule has 0 aromatic heterocycles. The third kappa shape index (κ3) is 7.78. The van der Waals surface area contributed by atoms with Crippen LogP contribution in [0.15, 0.2) is 0 Å². The summed E-state index contributed by atoms with van der Waals surface area (Å²) in [5, 5.41) is 1.75. The van der Waals surface area contributed by atoms with E-state index in [4.69, 9.17) is 4.84 Å². The number of rotatable bonds is 5. The Kier molecular flexibility index (Phi) is 5.71. The van der Waals surface area contributed by atoms with Crippen molar-refractivity contribution in [2.75, 3.05) is 13.1 Å². The highest BCUT2D eigenvalue weighted by atomic mass is 16.7. The van der Waals surface area contributed by atoms with Gasteiger partial charge in [-0.05, 0) is 11.8 Å². The molecular formula is C10H21NO2. The Hall–Kier alpha value is -0.570. The van der Waals surface area contributed by atoms with Crippen LogP contribution in [0.25, 0.3) is 0 Å². The van der Waals surface area contributed by atoms with E-state index in [1.807, 2.05) is 0 Å². The molecule has 0 heterocycles. The van der Waals surface area contributed by atoms with Gasteiger partial charge in [-0.3, -0.25) is 4.79 Å². The highest BCUT2D eigenvalue weighted by Crippen LogP contribution is 2.04. The second-order valence-corrected chi connectivity index (χ2v) is 4.22. The third-order valence-electron chi connectivity index (χ3n) is 1.40. The first kappa shape index (κ1) is 12.4. The van der Waals surface area contributed by atoms with Crippen molar-refractivity contribution in [3.63, 3.8) is 0 Å². The number of nitrogens with zero attached hydrogens (tertiary/aromatic N) is 1. The van der Waals surface area contributed by atoms with E-state index in [1.54, 1.807) is 5.06 Å². The van der Waals surface area contributed by atoms with Gasteiger partial charge in [-0.25, -0.2) is 0 Å². The summed E-state index contributed by atoms with van der Waals surface area (Å²) in [6, 6.07) is 0. The molecule has 0 amide bonds. The summed E-state index contributed by atoms with van der Waals surface area (Å²) in [6.45, 7) is 11.5. The zero-order chi connectivity index (χ0) is 10.4. The van der Waals surface area contributed by atoms with E-state index in [2.05, 4.69) is 27.7 Å². The lowest BCUT2D eigenvalue weighted by atomic mass is 10.2. The topological polar surface area (TPSA) is 29.5 Å². The molecular weight excluding hydrogens is 166 g/mol. The standard InChI is InChI=1S/C10H21NO2/c1-8(2)6-11(7-9(3)4)13-10(5)12/h8-9H,6-7H2,1-5H3. The van der Waals surface area contributed by atoms with Crippen molar-refractivity contribution in [1.82, 2.24) is 5.06 Å². The molecule has 0 saturated heterocycles. The van der Waals surface area contributed by atoms with Gasteiger partial charge in [0.15, 0.2) is 0 Å². The SMILES string of the molecule is CC(=O)ON(CC(C)C)CC(C)C. The summed E-state index contributed by atoms with van der Waals surface area (Å²) in [5.74, 6) is 0.789. The van der Waals surface area contributed by atoms with Crippen molar-refractivity contribution in [3.05, 3.63) is 0 Å². The molecule has 0 radical (unpaired) electrons. The Morgan fingerprint density at radius 1 is 1.15 bits per heavy atom. The Morgan fingerprint density at radius 3 is 1.77 bits per heavy atom. The molecule has 0 aromatic rings. The quantitative estimate of drug-likeness (QED) is 0.617. The lowest BCUT2D eigenvalue weighted by molar-refractivity contribution is -0.192. The van der Waals surface area contributed by atoms with E-state index in [-0.39, 0.29) is 5.97 Å². The summed E-state index contributed by atoms with van der Waals surface area (Å²) in [7, 11) is 0. The van der Waals surface area contributed by atoms with E-state index in [0.717, 1.165) is 13.1 Å². The van der Waals surface area contributed by atoms with Crippen LogP contribution >= 0.6 is 0 Å². The van der Waals surface area contributed by atoms with Gasteiger partial charge < -0.3 is 4.84 Å². The lowest BCUT2D eigenvalue weighted by Crippen LogP contribution is -2.33. The molecule has 78 valence electrons. The average Bonchev–Trinajstić information content (AvgIpc) is 1.80. The van der Waals surface area contributed by atoms with E-state index >= 15 is 0 Å². The molecule has 0 unspecified atom stereocenters. The van der Waals surface area contributed by atoms with Gasteiger partial charge in [-0.2, -0.15) is 0 Å². The summed E-state index contributed by atoms with van der Waals surface area (Å²) in [5.41, 5.74) is 0. The molecule has 0 aliphatic carbocycles. The van der Waals surface area contributed by atoms with Gasteiger partial charge in [0, 0.05) is 20.0 Å². The zero-order valence-corrected chi connectivity index (χ0v) is 9.33. The molecule has 3 heteroatoms. The van der Waals surface area contributed by atoms with Crippen LogP contribution in [0.1, 0.15) is 34.6 Å². The normalized spacial score (nSPS) is 11.4. The minimum absolute atomic E-state index is 0.235. The van der Waals surface area contributed by atoms with Gasteiger partial charge in [-0.15, -0.1) is 5.06 Å². The van der Waals surface area contributed by atoms with Gasteiger partial charge in [0.25, 0.3) is 0 Å². The van der Waals surface area contributed by atoms with E-state index < -0.39 is 0 Å². The van der Waals surface area contributed by atoms with Crippen molar-refractivity contribution in [2.45, 2.75) is 34.6 Å². The maximum atomic E-state index is 10.8. The van der Waals surface area contributed by atoms with Crippen LogP contribution in [0, 0.1) is 11.8 Å². The molecule has 13 heavy (non-hydrogen) atoms. The van der Waals surface area contributed by atoms with Crippen LogP contribution in [-0.2, 0) is 9.63 Å². The maximum absolute atomic E-state index is 10.8. The van der Waals surface area contributed by atoms with Crippen molar-refractivity contribution >= 4 is 5.97 Å². The van der Waals surface area contributed by atoms with Crippen LogP contribution in [0.2, 0.25) is 0 Å². The smallest absolute Gasteiger partial charge is 0.322 e. The summed E-state index contributed by atoms with van der Waals surface area (Å²) >= 11 is 0. The molecule has 0 saturated carbocycles. The highest BCUT2D eigenvalue weighted by Gasteiger charge is 2.11. The van der Waals surface area contributed by atoms with Gasteiger partial charge in [0.2, 0.25) is 0 Å². The van der Waals surface area contributed by atoms with Gasteiger partial charge in [0.1, 0.15) is 0 Å². The van der Waals surface area contributed by atoms with E-state index in [0.29, 0.717) is 11.8 Å². The minimum atomic E-state index is -0.235. The minimum Gasteiger partial charge on any atom is -0.368 e.